The van der Waals surface area contributed by atoms with E-state index >= 15 is 0 Å². The van der Waals surface area contributed by atoms with Crippen LogP contribution in [0.3, 0.4) is 0 Å². The van der Waals surface area contributed by atoms with Crippen LogP contribution in [0.2, 0.25) is 0 Å². The standard InChI is InChI=1S/C19H23N3O3/c1-2-17-16(11-20-22(17)12-14-7-4-3-5-8-14)18(23)21-10-6-9-15(13-21)19(24)25/h3-5,7-8,11,15H,2,6,9-10,12-13H2,1H3,(H,24,25)/t15-/m0/s1. The molecule has 1 aromatic heterocycles. The van der Waals surface area contributed by atoms with Gasteiger partial charge in [0.05, 0.1) is 29.9 Å². The molecule has 0 unspecified atom stereocenters. The Morgan fingerprint density at radius 1 is 1.28 bits per heavy atom. The summed E-state index contributed by atoms with van der Waals surface area (Å²) in [4.78, 5) is 25.8. The van der Waals surface area contributed by atoms with Crippen LogP contribution >= 0.6 is 0 Å². The van der Waals surface area contributed by atoms with Crippen LogP contribution < -0.4 is 0 Å². The fourth-order valence-electron chi connectivity index (χ4n) is 3.39. The maximum absolute atomic E-state index is 12.9. The van der Waals surface area contributed by atoms with Crippen molar-refractivity contribution in [3.05, 3.63) is 53.3 Å². The highest BCUT2D eigenvalue weighted by molar-refractivity contribution is 5.95. The maximum Gasteiger partial charge on any atom is 0.308 e. The van der Waals surface area contributed by atoms with Crippen molar-refractivity contribution in [3.8, 4) is 0 Å². The second-order valence-electron chi connectivity index (χ2n) is 6.43. The Kier molecular flexibility index (Phi) is 5.16. The van der Waals surface area contributed by atoms with E-state index < -0.39 is 11.9 Å². The Balaban J connectivity index is 1.80. The molecule has 1 aromatic carbocycles. The number of hydrogen-bond donors (Lipinski definition) is 1. The highest BCUT2D eigenvalue weighted by Gasteiger charge is 2.30. The quantitative estimate of drug-likeness (QED) is 0.906. The lowest BCUT2D eigenvalue weighted by atomic mass is 9.97. The number of aliphatic carboxylic acids is 1. The first-order valence-electron chi connectivity index (χ1n) is 8.70. The fraction of sp³-hybridized carbons (Fsp3) is 0.421. The van der Waals surface area contributed by atoms with Crippen LogP contribution in [0.4, 0.5) is 0 Å². The average Bonchev–Trinajstić information content (AvgIpc) is 3.04. The van der Waals surface area contributed by atoms with Gasteiger partial charge in [0.15, 0.2) is 0 Å². The summed E-state index contributed by atoms with van der Waals surface area (Å²) >= 11 is 0. The summed E-state index contributed by atoms with van der Waals surface area (Å²) in [5, 5.41) is 13.6. The topological polar surface area (TPSA) is 75.4 Å². The van der Waals surface area contributed by atoms with Crippen LogP contribution in [-0.4, -0.2) is 44.8 Å². The number of carboxylic acids is 1. The van der Waals surface area contributed by atoms with E-state index in [1.54, 1.807) is 11.1 Å². The highest BCUT2D eigenvalue weighted by Crippen LogP contribution is 2.21. The van der Waals surface area contributed by atoms with Crippen molar-refractivity contribution in [3.63, 3.8) is 0 Å². The summed E-state index contributed by atoms with van der Waals surface area (Å²) in [6, 6.07) is 10.00. The second-order valence-corrected chi connectivity index (χ2v) is 6.43. The number of carboxylic acid groups (broad SMARTS) is 1. The summed E-state index contributed by atoms with van der Waals surface area (Å²) < 4.78 is 1.86. The molecule has 1 aliphatic rings. The fourth-order valence-corrected chi connectivity index (χ4v) is 3.39. The van der Waals surface area contributed by atoms with Gasteiger partial charge in [-0.2, -0.15) is 5.10 Å². The highest BCUT2D eigenvalue weighted by atomic mass is 16.4. The van der Waals surface area contributed by atoms with Crippen molar-refractivity contribution in [2.45, 2.75) is 32.7 Å². The second kappa shape index (κ2) is 7.51. The Bertz CT molecular complexity index is 755. The van der Waals surface area contributed by atoms with Gasteiger partial charge in [-0.25, -0.2) is 0 Å². The molecule has 2 heterocycles. The number of hydrogen-bond acceptors (Lipinski definition) is 3. The van der Waals surface area contributed by atoms with Gasteiger partial charge in [-0.3, -0.25) is 14.3 Å². The molecule has 0 aliphatic carbocycles. The number of rotatable bonds is 5. The number of likely N-dealkylation sites (tertiary alicyclic amines) is 1. The van der Waals surface area contributed by atoms with Crippen LogP contribution in [0, 0.1) is 5.92 Å². The Hall–Kier alpha value is -2.63. The molecule has 1 aliphatic heterocycles. The minimum absolute atomic E-state index is 0.109. The van der Waals surface area contributed by atoms with Gasteiger partial charge in [0, 0.05) is 13.1 Å². The molecule has 1 amide bonds. The van der Waals surface area contributed by atoms with Crippen molar-refractivity contribution >= 4 is 11.9 Å². The first kappa shape index (κ1) is 17.2. The van der Waals surface area contributed by atoms with Gasteiger partial charge in [0.2, 0.25) is 0 Å². The lowest BCUT2D eigenvalue weighted by Crippen LogP contribution is -2.42. The largest absolute Gasteiger partial charge is 0.481 e. The molecule has 1 saturated heterocycles. The summed E-state index contributed by atoms with van der Waals surface area (Å²) in [5.74, 6) is -1.41. The molecular formula is C19H23N3O3. The third-order valence-electron chi connectivity index (χ3n) is 4.75. The van der Waals surface area contributed by atoms with Crippen LogP contribution in [0.25, 0.3) is 0 Å². The molecule has 6 heteroatoms. The van der Waals surface area contributed by atoms with Gasteiger partial charge in [-0.15, -0.1) is 0 Å². The minimum atomic E-state index is -0.826. The molecule has 0 radical (unpaired) electrons. The zero-order valence-electron chi connectivity index (χ0n) is 14.4. The van der Waals surface area contributed by atoms with Crippen molar-refractivity contribution in [2.75, 3.05) is 13.1 Å². The third-order valence-corrected chi connectivity index (χ3v) is 4.75. The molecular weight excluding hydrogens is 318 g/mol. The smallest absolute Gasteiger partial charge is 0.308 e. The molecule has 1 N–H and O–H groups in total. The van der Waals surface area contributed by atoms with E-state index in [1.807, 2.05) is 41.9 Å². The zero-order chi connectivity index (χ0) is 17.8. The molecule has 132 valence electrons. The number of benzene rings is 1. The number of carbonyl (C=O) groups is 2. The molecule has 25 heavy (non-hydrogen) atoms. The molecule has 0 spiro atoms. The molecule has 6 nitrogen and oxygen atoms in total. The van der Waals surface area contributed by atoms with Crippen LogP contribution in [0.1, 0.15) is 41.4 Å². The van der Waals surface area contributed by atoms with Gasteiger partial charge in [0.25, 0.3) is 5.91 Å². The lowest BCUT2D eigenvalue weighted by molar-refractivity contribution is -0.143. The molecule has 1 fully saturated rings. The number of amides is 1. The Morgan fingerprint density at radius 2 is 2.04 bits per heavy atom. The first-order chi connectivity index (χ1) is 12.1. The number of carbonyl (C=O) groups excluding carboxylic acids is 1. The average molecular weight is 341 g/mol. The van der Waals surface area contributed by atoms with E-state index in [9.17, 15) is 14.7 Å². The normalized spacial score (nSPS) is 17.5. The Labute approximate surface area is 147 Å². The molecule has 0 saturated carbocycles. The van der Waals surface area contributed by atoms with Gasteiger partial charge < -0.3 is 10.0 Å². The first-order valence-corrected chi connectivity index (χ1v) is 8.70. The van der Waals surface area contributed by atoms with Crippen LogP contribution in [0.5, 0.6) is 0 Å². The molecule has 1 atom stereocenters. The zero-order valence-corrected chi connectivity index (χ0v) is 14.4. The van der Waals surface area contributed by atoms with E-state index in [0.29, 0.717) is 31.5 Å². The van der Waals surface area contributed by atoms with Crippen molar-refractivity contribution in [1.82, 2.24) is 14.7 Å². The SMILES string of the molecule is CCc1c(C(=O)N2CCC[C@H](C(=O)O)C2)cnn1Cc1ccccc1. The summed E-state index contributed by atoms with van der Waals surface area (Å²) in [7, 11) is 0. The van der Waals surface area contributed by atoms with E-state index in [4.69, 9.17) is 0 Å². The summed E-state index contributed by atoms with van der Waals surface area (Å²) in [5.41, 5.74) is 2.61. The van der Waals surface area contributed by atoms with E-state index in [-0.39, 0.29) is 12.5 Å². The minimum Gasteiger partial charge on any atom is -0.481 e. The maximum atomic E-state index is 12.9. The van der Waals surface area contributed by atoms with Crippen molar-refractivity contribution in [2.24, 2.45) is 5.92 Å². The Morgan fingerprint density at radius 3 is 2.72 bits per heavy atom. The van der Waals surface area contributed by atoms with Crippen molar-refractivity contribution < 1.29 is 14.7 Å². The number of piperidine rings is 1. The van der Waals surface area contributed by atoms with Crippen molar-refractivity contribution in [1.29, 1.82) is 0 Å². The predicted molar refractivity (Wildman–Crippen MR) is 93.4 cm³/mol. The van der Waals surface area contributed by atoms with Crippen LogP contribution in [0.15, 0.2) is 36.5 Å². The van der Waals surface area contributed by atoms with Gasteiger partial charge >= 0.3 is 5.97 Å². The van der Waals surface area contributed by atoms with Gasteiger partial charge in [0.1, 0.15) is 0 Å². The predicted octanol–water partition coefficient (Wildman–Crippen LogP) is 2.43. The van der Waals surface area contributed by atoms with Gasteiger partial charge in [-0.1, -0.05) is 37.3 Å². The number of nitrogens with zero attached hydrogens (tertiary/aromatic N) is 3. The van der Waals surface area contributed by atoms with Gasteiger partial charge in [-0.05, 0) is 24.8 Å². The van der Waals surface area contributed by atoms with Crippen LogP contribution in [-0.2, 0) is 17.8 Å². The monoisotopic (exact) mass is 341 g/mol. The van der Waals surface area contributed by atoms with E-state index in [1.165, 1.54) is 0 Å². The van der Waals surface area contributed by atoms with E-state index in [0.717, 1.165) is 17.7 Å². The lowest BCUT2D eigenvalue weighted by Gasteiger charge is -2.30. The summed E-state index contributed by atoms with van der Waals surface area (Å²) in [6.45, 7) is 3.51. The molecule has 2 aromatic rings. The molecule has 3 rings (SSSR count). The summed E-state index contributed by atoms with van der Waals surface area (Å²) in [6.07, 6.45) is 3.67. The number of aromatic nitrogens is 2. The molecule has 0 bridgehead atoms. The third kappa shape index (κ3) is 3.73. The van der Waals surface area contributed by atoms with E-state index in [2.05, 4.69) is 5.10 Å².